The van der Waals surface area contributed by atoms with E-state index in [4.69, 9.17) is 9.47 Å². The lowest BCUT2D eigenvalue weighted by atomic mass is 10.1. The molecule has 2 heterocycles. The first-order chi connectivity index (χ1) is 12.2. The Kier molecular flexibility index (Phi) is 5.75. The quantitative estimate of drug-likeness (QED) is 0.888. The van der Waals surface area contributed by atoms with Crippen molar-refractivity contribution in [3.8, 4) is 0 Å². The molecule has 0 saturated carbocycles. The highest BCUT2D eigenvalue weighted by molar-refractivity contribution is 5.74. The zero-order valence-electron chi connectivity index (χ0n) is 14.5. The molecule has 136 valence electrons. The molecule has 0 aromatic heterocycles. The monoisotopic (exact) mass is 347 g/mol. The number of amides is 3. The first-order valence-corrected chi connectivity index (χ1v) is 8.72. The summed E-state index contributed by atoms with van der Waals surface area (Å²) in [7, 11) is 1.39. The zero-order chi connectivity index (χ0) is 17.6. The Morgan fingerprint density at radius 2 is 1.84 bits per heavy atom. The van der Waals surface area contributed by atoms with Crippen LogP contribution in [-0.2, 0) is 9.47 Å². The Hall–Kier alpha value is -2.28. The van der Waals surface area contributed by atoms with Crippen LogP contribution >= 0.6 is 0 Å². The third kappa shape index (κ3) is 4.42. The van der Waals surface area contributed by atoms with E-state index in [1.165, 1.54) is 7.11 Å². The van der Waals surface area contributed by atoms with Crippen molar-refractivity contribution in [3.05, 3.63) is 35.9 Å². The minimum atomic E-state index is -0.302. The number of nitrogens with zero attached hydrogens (tertiary/aromatic N) is 2. The van der Waals surface area contributed by atoms with Gasteiger partial charge in [0, 0.05) is 25.7 Å². The van der Waals surface area contributed by atoms with E-state index in [-0.39, 0.29) is 24.3 Å². The summed E-state index contributed by atoms with van der Waals surface area (Å²) in [5, 5.41) is 3.09. The van der Waals surface area contributed by atoms with Crippen LogP contribution in [0.4, 0.5) is 9.59 Å². The Morgan fingerprint density at radius 1 is 1.12 bits per heavy atom. The molecule has 0 radical (unpaired) electrons. The fraction of sp³-hybridized carbons (Fsp3) is 0.556. The van der Waals surface area contributed by atoms with Gasteiger partial charge in [0.2, 0.25) is 0 Å². The summed E-state index contributed by atoms with van der Waals surface area (Å²) >= 11 is 0. The molecule has 0 spiro atoms. The van der Waals surface area contributed by atoms with E-state index in [0.717, 1.165) is 18.4 Å². The summed E-state index contributed by atoms with van der Waals surface area (Å²) in [4.78, 5) is 27.6. The lowest BCUT2D eigenvalue weighted by Crippen LogP contribution is -2.52. The number of morpholine rings is 1. The van der Waals surface area contributed by atoms with Gasteiger partial charge in [-0.3, -0.25) is 0 Å². The van der Waals surface area contributed by atoms with Crippen LogP contribution in [0.3, 0.4) is 0 Å². The van der Waals surface area contributed by atoms with Gasteiger partial charge >= 0.3 is 12.1 Å². The van der Waals surface area contributed by atoms with E-state index in [1.807, 2.05) is 35.2 Å². The molecule has 1 aromatic carbocycles. The number of hydrogen-bond donors (Lipinski definition) is 1. The highest BCUT2D eigenvalue weighted by atomic mass is 16.5. The number of carbonyl (C=O) groups is 2. The maximum Gasteiger partial charge on any atom is 0.409 e. The molecule has 3 rings (SSSR count). The summed E-state index contributed by atoms with van der Waals surface area (Å²) in [6.07, 6.45) is 1.10. The highest BCUT2D eigenvalue weighted by Crippen LogP contribution is 2.22. The second kappa shape index (κ2) is 8.20. The maximum absolute atomic E-state index is 12.6. The van der Waals surface area contributed by atoms with Gasteiger partial charge < -0.3 is 24.6 Å². The van der Waals surface area contributed by atoms with Crippen molar-refractivity contribution in [3.63, 3.8) is 0 Å². The first-order valence-electron chi connectivity index (χ1n) is 8.72. The van der Waals surface area contributed by atoms with Crippen LogP contribution in [0.5, 0.6) is 0 Å². The van der Waals surface area contributed by atoms with Crippen molar-refractivity contribution in [1.82, 2.24) is 15.1 Å². The zero-order valence-corrected chi connectivity index (χ0v) is 14.5. The second-order valence-electron chi connectivity index (χ2n) is 6.40. The average molecular weight is 347 g/mol. The normalized spacial score (nSPS) is 21.7. The summed E-state index contributed by atoms with van der Waals surface area (Å²) in [5.74, 6) is 0. The topological polar surface area (TPSA) is 71.1 Å². The molecular weight excluding hydrogens is 322 g/mol. The number of likely N-dealkylation sites (tertiary alicyclic amines) is 1. The molecule has 2 aliphatic heterocycles. The van der Waals surface area contributed by atoms with Crippen molar-refractivity contribution in [2.24, 2.45) is 0 Å². The Bertz CT molecular complexity index is 587. The van der Waals surface area contributed by atoms with Crippen LogP contribution in [0.15, 0.2) is 30.3 Å². The summed E-state index contributed by atoms with van der Waals surface area (Å²) in [6.45, 7) is 2.89. The van der Waals surface area contributed by atoms with E-state index >= 15 is 0 Å². The molecule has 3 amide bonds. The summed E-state index contributed by atoms with van der Waals surface area (Å²) < 4.78 is 10.5. The fourth-order valence-corrected chi connectivity index (χ4v) is 3.30. The van der Waals surface area contributed by atoms with Crippen molar-refractivity contribution < 1.29 is 19.1 Å². The molecule has 2 fully saturated rings. The predicted octanol–water partition coefficient (Wildman–Crippen LogP) is 2.00. The minimum Gasteiger partial charge on any atom is -0.453 e. The van der Waals surface area contributed by atoms with Gasteiger partial charge in [-0.15, -0.1) is 0 Å². The molecule has 2 aliphatic rings. The van der Waals surface area contributed by atoms with E-state index in [2.05, 4.69) is 5.32 Å². The van der Waals surface area contributed by atoms with Crippen molar-refractivity contribution in [2.45, 2.75) is 25.0 Å². The number of carbonyl (C=O) groups excluding carboxylic acids is 2. The van der Waals surface area contributed by atoms with Crippen LogP contribution < -0.4 is 5.32 Å². The van der Waals surface area contributed by atoms with E-state index in [1.54, 1.807) is 4.90 Å². The molecule has 25 heavy (non-hydrogen) atoms. The maximum atomic E-state index is 12.6. The molecule has 1 aromatic rings. The number of rotatable bonds is 2. The van der Waals surface area contributed by atoms with Crippen LogP contribution in [0.25, 0.3) is 0 Å². The number of ether oxygens (including phenoxy) is 2. The van der Waals surface area contributed by atoms with Gasteiger partial charge in [0.1, 0.15) is 6.10 Å². The van der Waals surface area contributed by atoms with Gasteiger partial charge in [0.25, 0.3) is 0 Å². The molecule has 1 N–H and O–H groups in total. The van der Waals surface area contributed by atoms with Gasteiger partial charge in [-0.25, -0.2) is 9.59 Å². The number of methoxy groups -OCH3 is 1. The van der Waals surface area contributed by atoms with Gasteiger partial charge in [-0.2, -0.15) is 0 Å². The van der Waals surface area contributed by atoms with Crippen LogP contribution in [-0.4, -0.2) is 67.9 Å². The second-order valence-corrected chi connectivity index (χ2v) is 6.40. The molecule has 0 bridgehead atoms. The molecule has 2 saturated heterocycles. The van der Waals surface area contributed by atoms with Gasteiger partial charge in [-0.05, 0) is 18.4 Å². The fourth-order valence-electron chi connectivity index (χ4n) is 3.30. The van der Waals surface area contributed by atoms with Crippen LogP contribution in [0, 0.1) is 0 Å². The largest absolute Gasteiger partial charge is 0.453 e. The van der Waals surface area contributed by atoms with Gasteiger partial charge in [0.05, 0.1) is 20.3 Å². The number of piperidine rings is 1. The molecular formula is C18H25N3O4. The molecule has 1 atom stereocenters. The SMILES string of the molecule is COC(=O)N1CCC(NC(=O)N2CCO[C@H](c3ccccc3)C2)CC1. The number of urea groups is 1. The number of benzene rings is 1. The van der Waals surface area contributed by atoms with E-state index in [9.17, 15) is 9.59 Å². The lowest BCUT2D eigenvalue weighted by Gasteiger charge is -2.36. The summed E-state index contributed by atoms with van der Waals surface area (Å²) in [6, 6.07) is 10.0. The third-order valence-electron chi connectivity index (χ3n) is 4.78. The van der Waals surface area contributed by atoms with Crippen molar-refractivity contribution >= 4 is 12.1 Å². The Balaban J connectivity index is 1.49. The predicted molar refractivity (Wildman–Crippen MR) is 92.2 cm³/mol. The standard InChI is InChI=1S/C18H25N3O4/c1-24-18(23)20-9-7-15(8-10-20)19-17(22)21-11-12-25-16(13-21)14-5-3-2-4-6-14/h2-6,15-16H,7-13H2,1H3,(H,19,22)/t16-/m0/s1. The molecule has 7 heteroatoms. The van der Waals surface area contributed by atoms with Crippen LogP contribution in [0.1, 0.15) is 24.5 Å². The molecule has 0 unspecified atom stereocenters. The number of nitrogens with one attached hydrogen (secondary N) is 1. The van der Waals surface area contributed by atoms with E-state index in [0.29, 0.717) is 32.8 Å². The Labute approximate surface area is 147 Å². The molecule has 0 aliphatic carbocycles. The smallest absolute Gasteiger partial charge is 0.409 e. The van der Waals surface area contributed by atoms with E-state index < -0.39 is 0 Å². The highest BCUT2D eigenvalue weighted by Gasteiger charge is 2.29. The first kappa shape index (κ1) is 17.5. The summed E-state index contributed by atoms with van der Waals surface area (Å²) in [5.41, 5.74) is 1.09. The van der Waals surface area contributed by atoms with Crippen molar-refractivity contribution in [1.29, 1.82) is 0 Å². The van der Waals surface area contributed by atoms with Crippen molar-refractivity contribution in [2.75, 3.05) is 39.9 Å². The van der Waals surface area contributed by atoms with Gasteiger partial charge in [0.15, 0.2) is 0 Å². The molecule has 7 nitrogen and oxygen atoms in total. The Morgan fingerprint density at radius 3 is 2.52 bits per heavy atom. The number of hydrogen-bond acceptors (Lipinski definition) is 4. The third-order valence-corrected chi connectivity index (χ3v) is 4.78. The van der Waals surface area contributed by atoms with Crippen LogP contribution in [0.2, 0.25) is 0 Å². The minimum absolute atomic E-state index is 0.0549. The van der Waals surface area contributed by atoms with Gasteiger partial charge in [-0.1, -0.05) is 30.3 Å². The lowest BCUT2D eigenvalue weighted by molar-refractivity contribution is -0.0160. The average Bonchev–Trinajstić information content (AvgIpc) is 2.68.